The molecular weight excluding hydrogens is 1520 g/mol. The number of aliphatic hydroxyl groups excluding tert-OH is 12. The molecular formula is C66H110N18O30. The SMILES string of the molecule is CC(=O)N[C@@H]1[C@H](OCCOCCn2cc(CN(CCCC[C@@H](C(=O)O)N(Cc3cn(CCOCCO[C@@H]4O[C@H](CO)[C@H](O)[C@H](O)[C@@H]4NC(C)=O)nn3)Cc3cn(CCOCCO[C@@H]4O[C@H](CO)[C@H](O)[C@H](O)[C@@H]4NC(C)=O)nn3)Cc3cn(CCOCCO[C@@H]4O[C@H](CO)[C@H](O)[C@H](O)[C@@H]4NC(C)=O)nn3)nn2)O[C@H](CO)[C@H](O)[C@@H]1O. The fourth-order valence-electron chi connectivity index (χ4n) is 13.0. The van der Waals surface area contributed by atoms with E-state index >= 15 is 0 Å². The van der Waals surface area contributed by atoms with Crippen molar-refractivity contribution in [2.24, 2.45) is 0 Å². The molecule has 4 aliphatic heterocycles. The average molecular weight is 1640 g/mol. The van der Waals surface area contributed by atoms with Gasteiger partial charge >= 0.3 is 5.97 Å². The number of ether oxygens (including phenoxy) is 12. The molecule has 8 heterocycles. The molecule has 114 heavy (non-hydrogen) atoms. The minimum absolute atomic E-state index is 0.0134. The fourth-order valence-corrected chi connectivity index (χ4v) is 13.0. The number of aliphatic hydroxyl groups is 12. The van der Waals surface area contributed by atoms with Crippen molar-refractivity contribution in [1.29, 1.82) is 0 Å². The highest BCUT2D eigenvalue weighted by Crippen LogP contribution is 2.27. The van der Waals surface area contributed by atoms with E-state index in [0.29, 0.717) is 42.2 Å². The van der Waals surface area contributed by atoms with Crippen LogP contribution in [-0.4, -0.2) is 407 Å². The molecule has 644 valence electrons. The number of unbranched alkanes of at least 4 members (excludes halogenated alkanes) is 1. The van der Waals surface area contributed by atoms with E-state index < -0.39 is 185 Å². The third-order valence-electron chi connectivity index (χ3n) is 18.7. The first-order valence-corrected chi connectivity index (χ1v) is 37.4. The largest absolute Gasteiger partial charge is 0.480 e. The number of rotatable bonds is 51. The number of carbonyl (C=O) groups excluding carboxylic acids is 4. The first-order valence-electron chi connectivity index (χ1n) is 37.4. The van der Waals surface area contributed by atoms with Crippen LogP contribution in [0.15, 0.2) is 24.8 Å². The third kappa shape index (κ3) is 28.3. The summed E-state index contributed by atoms with van der Waals surface area (Å²) in [5.74, 6) is -3.18. The Balaban J connectivity index is 0.895. The van der Waals surface area contributed by atoms with Crippen LogP contribution in [0, 0.1) is 0 Å². The van der Waals surface area contributed by atoms with Crippen molar-refractivity contribution in [2.75, 3.05) is 112 Å². The van der Waals surface area contributed by atoms with E-state index in [9.17, 15) is 90.4 Å². The van der Waals surface area contributed by atoms with Gasteiger partial charge in [-0.2, -0.15) is 0 Å². The highest BCUT2D eigenvalue weighted by atomic mass is 16.7. The number of aliphatic carboxylic acids is 1. The van der Waals surface area contributed by atoms with E-state index in [1.165, 1.54) is 37.1 Å². The molecule has 0 saturated carbocycles. The van der Waals surface area contributed by atoms with Gasteiger partial charge in [-0.25, -0.2) is 18.7 Å². The zero-order chi connectivity index (χ0) is 82.4. The molecule has 21 atom stereocenters. The van der Waals surface area contributed by atoms with E-state index in [2.05, 4.69) is 62.5 Å². The van der Waals surface area contributed by atoms with Crippen molar-refractivity contribution in [3.63, 3.8) is 0 Å². The van der Waals surface area contributed by atoms with Crippen LogP contribution in [0.25, 0.3) is 0 Å². The molecule has 0 bridgehead atoms. The van der Waals surface area contributed by atoms with Gasteiger partial charge in [-0.05, 0) is 19.4 Å². The Morgan fingerprint density at radius 1 is 0.395 bits per heavy atom. The lowest BCUT2D eigenvalue weighted by molar-refractivity contribution is -0.272. The molecule has 0 aromatic carbocycles. The van der Waals surface area contributed by atoms with Gasteiger partial charge < -0.3 is 144 Å². The van der Waals surface area contributed by atoms with Crippen LogP contribution in [0.3, 0.4) is 0 Å². The van der Waals surface area contributed by atoms with Gasteiger partial charge in [-0.3, -0.25) is 33.8 Å². The lowest BCUT2D eigenvalue weighted by Crippen LogP contribution is -2.64. The summed E-state index contributed by atoms with van der Waals surface area (Å²) in [4.78, 5) is 64.8. The Bertz CT molecular complexity index is 3290. The van der Waals surface area contributed by atoms with E-state index in [1.54, 1.807) is 39.1 Å². The second kappa shape index (κ2) is 47.3. The van der Waals surface area contributed by atoms with E-state index in [1.807, 2.05) is 4.90 Å². The van der Waals surface area contributed by atoms with Crippen molar-refractivity contribution in [2.45, 2.75) is 228 Å². The number of nitrogens with zero attached hydrogens (tertiary/aromatic N) is 14. The minimum Gasteiger partial charge on any atom is -0.480 e. The van der Waals surface area contributed by atoms with Gasteiger partial charge in [0.1, 0.15) is 103 Å². The first kappa shape index (κ1) is 92.4. The summed E-state index contributed by atoms with van der Waals surface area (Å²) in [7, 11) is 0. The molecule has 17 N–H and O–H groups in total. The lowest BCUT2D eigenvalue weighted by Gasteiger charge is -2.42. The van der Waals surface area contributed by atoms with Gasteiger partial charge in [0.05, 0.1) is 155 Å². The predicted octanol–water partition coefficient (Wildman–Crippen LogP) is -10.7. The summed E-state index contributed by atoms with van der Waals surface area (Å²) in [5.41, 5.74) is 1.91. The molecule has 8 rings (SSSR count). The quantitative estimate of drug-likeness (QED) is 0.0183. The highest BCUT2D eigenvalue weighted by molar-refractivity contribution is 5.75. The molecule has 4 saturated heterocycles. The number of aromatic nitrogens is 12. The van der Waals surface area contributed by atoms with Crippen molar-refractivity contribution in [1.82, 2.24) is 91.0 Å². The van der Waals surface area contributed by atoms with Crippen molar-refractivity contribution in [3.8, 4) is 0 Å². The molecule has 4 aromatic rings. The van der Waals surface area contributed by atoms with E-state index in [0.717, 1.165) is 0 Å². The van der Waals surface area contributed by atoms with Crippen molar-refractivity contribution in [3.05, 3.63) is 47.6 Å². The van der Waals surface area contributed by atoms with Crippen LogP contribution in [-0.2, 0) is 133 Å². The molecule has 0 aliphatic carbocycles. The Morgan fingerprint density at radius 3 is 0.904 bits per heavy atom. The van der Waals surface area contributed by atoms with Crippen LogP contribution in [0.1, 0.15) is 69.7 Å². The molecule has 48 nitrogen and oxygen atoms in total. The van der Waals surface area contributed by atoms with Gasteiger partial charge in [-0.1, -0.05) is 27.3 Å². The maximum atomic E-state index is 13.6. The zero-order valence-electron chi connectivity index (χ0n) is 63.7. The Hall–Kier alpha value is -7.13. The number of carbonyl (C=O) groups is 5. The second-order valence-electron chi connectivity index (χ2n) is 27.5. The van der Waals surface area contributed by atoms with Gasteiger partial charge in [0.2, 0.25) is 23.6 Å². The summed E-state index contributed by atoms with van der Waals surface area (Å²) in [6.45, 7) is 4.52. The van der Waals surface area contributed by atoms with Crippen LogP contribution in [0.4, 0.5) is 0 Å². The molecule has 4 aliphatic rings. The molecule has 4 amide bonds. The maximum Gasteiger partial charge on any atom is 0.320 e. The van der Waals surface area contributed by atoms with Crippen LogP contribution >= 0.6 is 0 Å². The van der Waals surface area contributed by atoms with Crippen LogP contribution < -0.4 is 21.3 Å². The number of nitrogens with one attached hydrogen (secondary N) is 4. The van der Waals surface area contributed by atoms with Gasteiger partial charge in [-0.15, -0.1) is 20.4 Å². The summed E-state index contributed by atoms with van der Waals surface area (Å²) in [6.07, 6.45) is -13.7. The van der Waals surface area contributed by atoms with Crippen molar-refractivity contribution >= 4 is 29.6 Å². The summed E-state index contributed by atoms with van der Waals surface area (Å²) in [5, 5.41) is 179. The van der Waals surface area contributed by atoms with Crippen molar-refractivity contribution < 1.29 is 147 Å². The Labute approximate surface area is 653 Å². The number of amides is 4. The van der Waals surface area contributed by atoms with Crippen LogP contribution in [0.2, 0.25) is 0 Å². The van der Waals surface area contributed by atoms with Gasteiger partial charge in [0.25, 0.3) is 0 Å². The molecule has 4 aromatic heterocycles. The summed E-state index contributed by atoms with van der Waals surface area (Å²) in [6, 6.07) is -5.67. The third-order valence-corrected chi connectivity index (χ3v) is 18.7. The Kier molecular flexibility index (Phi) is 38.3. The highest BCUT2D eigenvalue weighted by Gasteiger charge is 2.49. The van der Waals surface area contributed by atoms with E-state index in [4.69, 9.17) is 56.8 Å². The number of hydrogen-bond donors (Lipinski definition) is 17. The molecule has 4 fully saturated rings. The number of carboxylic acid groups (broad SMARTS) is 1. The van der Waals surface area contributed by atoms with E-state index in [-0.39, 0.29) is 138 Å². The van der Waals surface area contributed by atoms with Gasteiger partial charge in [0, 0.05) is 78.7 Å². The monoisotopic (exact) mass is 1630 g/mol. The minimum atomic E-state index is -1.50. The normalized spacial score (nSPS) is 28.2. The van der Waals surface area contributed by atoms with Crippen LogP contribution in [0.5, 0.6) is 0 Å². The standard InChI is InChI=1S/C66H110N18O30/c1-37(89)67-50-58(97)54(93)46(33-85)111-63(50)107-21-17-103-13-9-81-29-41(71-75-81)25-79(26-42-30-82(76-72-42)10-14-104-18-22-108-64-51(68-38(2)90)59(98)55(94)47(34-86)112-64)8-6-5-7-45(62(101)102)80(27-43-31-83(77-73-43)11-15-105-19-23-109-65-52(69-39(3)91)60(99)56(95)48(35-87)113-65)28-44-32-84(78-74-44)12-16-106-20-24-110-66-53(70-40(4)92)61(100)57(96)49(36-88)114-66/h29-32,45-61,63-66,85-88,93-100H,5-28,33-36H2,1-4H3,(H,67,89)(H,68,90)(H,69,91)(H,70,92)(H,101,102)/t45-,46+,47+,48+,49+,50-,51-,52-,53-,54-,55-,56-,57-,58+,59+,60+,61+,63+,64+,65+,66+/m0/s1. The number of carboxylic acids is 1. The molecule has 48 heteroatoms. The fraction of sp³-hybridized carbons (Fsp3) is 0.803. The average Bonchev–Trinajstić information content (AvgIpc) is 1.16. The second-order valence-corrected chi connectivity index (χ2v) is 27.5. The maximum absolute atomic E-state index is 13.6. The predicted molar refractivity (Wildman–Crippen MR) is 377 cm³/mol. The summed E-state index contributed by atoms with van der Waals surface area (Å²) < 4.78 is 74.8. The smallest absolute Gasteiger partial charge is 0.320 e. The first-order chi connectivity index (χ1) is 54.8. The van der Waals surface area contributed by atoms with Gasteiger partial charge in [0.15, 0.2) is 25.2 Å². The topological polar surface area (TPSA) is 637 Å². The molecule has 0 spiro atoms. The summed E-state index contributed by atoms with van der Waals surface area (Å²) >= 11 is 0. The Morgan fingerprint density at radius 2 is 0.658 bits per heavy atom. The number of hydrogen-bond acceptors (Lipinski definition) is 39. The molecule has 0 radical (unpaired) electrons. The molecule has 0 unspecified atom stereocenters. The lowest BCUT2D eigenvalue weighted by atomic mass is 9.97. The zero-order valence-corrected chi connectivity index (χ0v) is 63.7.